The normalized spacial score (nSPS) is 19.1. The summed E-state index contributed by atoms with van der Waals surface area (Å²) in [5.74, 6) is -3.13. The lowest BCUT2D eigenvalue weighted by atomic mass is 9.88. The van der Waals surface area contributed by atoms with Gasteiger partial charge in [-0.15, -0.1) is 0 Å². The number of nitrogens with zero attached hydrogens (tertiary/aromatic N) is 2. The molecular weight excluding hydrogens is 578 g/mol. The van der Waals surface area contributed by atoms with Crippen molar-refractivity contribution in [2.24, 2.45) is 5.92 Å². The Hall–Kier alpha value is -3.94. The zero-order valence-corrected chi connectivity index (χ0v) is 21.8. The highest BCUT2D eigenvalue weighted by molar-refractivity contribution is 7.92. The van der Waals surface area contributed by atoms with Gasteiger partial charge in [-0.25, -0.2) is 12.8 Å². The number of halogens is 6. The Balaban J connectivity index is 1.64. The molecule has 2 aliphatic heterocycles. The van der Waals surface area contributed by atoms with Crippen LogP contribution in [0.25, 0.3) is 11.1 Å². The van der Waals surface area contributed by atoms with Crippen molar-refractivity contribution in [3.05, 3.63) is 72.0 Å². The van der Waals surface area contributed by atoms with Crippen molar-refractivity contribution in [3.63, 3.8) is 0 Å². The highest BCUT2D eigenvalue weighted by Crippen LogP contribution is 2.45. The monoisotopic (exact) mass is 600 g/mol. The smallest absolute Gasteiger partial charge is 0.416 e. The molecule has 2 heterocycles. The van der Waals surface area contributed by atoms with Crippen molar-refractivity contribution in [2.45, 2.75) is 36.6 Å². The maximum absolute atomic E-state index is 14.3. The van der Waals surface area contributed by atoms with Gasteiger partial charge < -0.3 is 14.7 Å². The first-order valence-electron chi connectivity index (χ1n) is 12.3. The maximum Gasteiger partial charge on any atom is 0.416 e. The third-order valence-electron chi connectivity index (χ3n) is 7.17. The summed E-state index contributed by atoms with van der Waals surface area (Å²) < 4.78 is 113. The second-order valence-corrected chi connectivity index (χ2v) is 11.6. The van der Waals surface area contributed by atoms with Crippen LogP contribution in [0, 0.1) is 11.7 Å². The van der Waals surface area contributed by atoms with Crippen LogP contribution < -0.4 is 13.9 Å². The van der Waals surface area contributed by atoms with E-state index in [1.807, 2.05) is 4.90 Å². The van der Waals surface area contributed by atoms with Gasteiger partial charge in [-0.2, -0.15) is 22.0 Å². The topological polar surface area (TPSA) is 87.2 Å². The van der Waals surface area contributed by atoms with Crippen LogP contribution in [0.5, 0.6) is 5.75 Å². The fourth-order valence-electron chi connectivity index (χ4n) is 5.29. The highest BCUT2D eigenvalue weighted by Gasteiger charge is 2.42. The van der Waals surface area contributed by atoms with E-state index in [4.69, 9.17) is 0 Å². The number of carbonyl (C=O) groups is 1. The minimum Gasteiger partial charge on any atom is -0.481 e. The molecule has 0 saturated carbocycles. The number of sulfonamides is 1. The number of piperidine rings is 1. The third-order valence-corrected chi connectivity index (χ3v) is 8.95. The van der Waals surface area contributed by atoms with E-state index in [-0.39, 0.29) is 42.7 Å². The molecule has 0 aliphatic carbocycles. The molecule has 3 aromatic rings. The van der Waals surface area contributed by atoms with Gasteiger partial charge >= 0.3 is 18.8 Å². The van der Waals surface area contributed by atoms with Crippen molar-refractivity contribution < 1.29 is 49.4 Å². The van der Waals surface area contributed by atoms with Crippen LogP contribution in [0.2, 0.25) is 0 Å². The molecule has 7 nitrogen and oxygen atoms in total. The van der Waals surface area contributed by atoms with Crippen LogP contribution in [0.1, 0.15) is 18.4 Å². The summed E-state index contributed by atoms with van der Waals surface area (Å²) in [7, 11) is -4.62. The molecule has 0 amide bonds. The molecule has 0 bridgehead atoms. The maximum atomic E-state index is 14.3. The summed E-state index contributed by atoms with van der Waals surface area (Å²) in [6.07, 6.45) is -4.42. The fraction of sp³-hybridized carbons (Fsp3) is 0.296. The van der Waals surface area contributed by atoms with Gasteiger partial charge in [0.2, 0.25) is 0 Å². The predicted molar refractivity (Wildman–Crippen MR) is 136 cm³/mol. The number of rotatable bonds is 6. The van der Waals surface area contributed by atoms with Gasteiger partial charge in [0.25, 0.3) is 10.0 Å². The van der Waals surface area contributed by atoms with Gasteiger partial charge in [0, 0.05) is 18.7 Å². The van der Waals surface area contributed by atoms with Crippen LogP contribution in [0.4, 0.5) is 37.7 Å². The van der Waals surface area contributed by atoms with E-state index in [1.54, 1.807) is 0 Å². The number of benzene rings is 3. The molecule has 2 unspecified atom stereocenters. The summed E-state index contributed by atoms with van der Waals surface area (Å²) in [4.78, 5) is 12.9. The van der Waals surface area contributed by atoms with Crippen LogP contribution in [0.15, 0.2) is 65.6 Å². The molecule has 0 radical (unpaired) electrons. The van der Waals surface area contributed by atoms with E-state index >= 15 is 0 Å². The number of fused-ring (bicyclic) bond motifs is 3. The zero-order chi connectivity index (χ0) is 29.7. The molecule has 0 aromatic heterocycles. The van der Waals surface area contributed by atoms with Crippen LogP contribution in [-0.4, -0.2) is 45.2 Å². The molecular formula is C27H22F6N2O5S. The Morgan fingerprint density at radius 3 is 2.44 bits per heavy atom. The first-order chi connectivity index (χ1) is 19.2. The van der Waals surface area contributed by atoms with Gasteiger partial charge in [0.05, 0.1) is 34.3 Å². The van der Waals surface area contributed by atoms with E-state index < -0.39 is 62.8 Å². The van der Waals surface area contributed by atoms with Gasteiger partial charge in [-0.1, -0.05) is 12.1 Å². The molecule has 2 aliphatic rings. The molecule has 14 heteroatoms. The second-order valence-electron chi connectivity index (χ2n) is 9.73. The van der Waals surface area contributed by atoms with E-state index in [0.717, 1.165) is 40.7 Å². The Labute approximate surface area is 230 Å². The summed E-state index contributed by atoms with van der Waals surface area (Å²) in [6.45, 7) is -3.20. The predicted octanol–water partition coefficient (Wildman–Crippen LogP) is 5.99. The van der Waals surface area contributed by atoms with Crippen molar-refractivity contribution in [1.29, 1.82) is 0 Å². The summed E-state index contributed by atoms with van der Waals surface area (Å²) in [5, 5.41) is 9.55. The third kappa shape index (κ3) is 5.65. The van der Waals surface area contributed by atoms with Crippen molar-refractivity contribution in [1.82, 2.24) is 0 Å². The Kier molecular flexibility index (Phi) is 7.30. The average Bonchev–Trinajstić information content (AvgIpc) is 2.90. The fourth-order valence-corrected chi connectivity index (χ4v) is 6.84. The molecule has 3 aromatic carbocycles. The molecule has 0 spiro atoms. The standard InChI is InChI=1S/C27H22F6N2O5S/c28-19-8-17(10-21(13-19)40-26(29)30)15-4-5-23-24(11-15)35(14-20-9-16(25(36)37)6-7-34(20)23)41(38,39)22-3-1-2-18(12-22)27(31,32)33/h1-5,8,10-13,16,20,26H,6-7,9,14H2,(H,36,37). The average molecular weight is 601 g/mol. The van der Waals surface area contributed by atoms with E-state index in [0.29, 0.717) is 11.8 Å². The Morgan fingerprint density at radius 1 is 1.00 bits per heavy atom. The molecule has 1 N–H and O–H groups in total. The summed E-state index contributed by atoms with van der Waals surface area (Å²) in [5.41, 5.74) is -0.409. The van der Waals surface area contributed by atoms with Gasteiger partial charge in [0.1, 0.15) is 11.6 Å². The summed E-state index contributed by atoms with van der Waals surface area (Å²) in [6, 6.07) is 10.0. The number of alkyl halides is 5. The number of hydrogen-bond donors (Lipinski definition) is 1. The lowest BCUT2D eigenvalue weighted by molar-refractivity contribution is -0.142. The molecule has 1 fully saturated rings. The number of hydrogen-bond acceptors (Lipinski definition) is 5. The van der Waals surface area contributed by atoms with Crippen LogP contribution >= 0.6 is 0 Å². The largest absolute Gasteiger partial charge is 0.481 e. The SMILES string of the molecule is O=C(O)C1CCN2c3ccc(-c4cc(F)cc(OC(F)F)c4)cc3N(S(=O)(=O)c3cccc(C(F)(F)F)c3)CC2C1. The van der Waals surface area contributed by atoms with Crippen molar-refractivity contribution in [2.75, 3.05) is 22.3 Å². The zero-order valence-electron chi connectivity index (χ0n) is 21.0. The highest BCUT2D eigenvalue weighted by atomic mass is 32.2. The van der Waals surface area contributed by atoms with Gasteiger partial charge in [0.15, 0.2) is 0 Å². The quantitative estimate of drug-likeness (QED) is 0.350. The number of aliphatic carboxylic acids is 1. The Morgan fingerprint density at radius 2 is 1.76 bits per heavy atom. The molecule has 41 heavy (non-hydrogen) atoms. The van der Waals surface area contributed by atoms with Crippen molar-refractivity contribution in [3.8, 4) is 16.9 Å². The van der Waals surface area contributed by atoms with E-state index in [2.05, 4.69) is 4.74 Å². The lowest BCUT2D eigenvalue weighted by Gasteiger charge is -2.47. The molecule has 2 atom stereocenters. The minimum atomic E-state index is -4.80. The van der Waals surface area contributed by atoms with Crippen LogP contribution in [-0.2, 0) is 21.0 Å². The van der Waals surface area contributed by atoms with E-state index in [1.165, 1.54) is 18.2 Å². The first-order valence-corrected chi connectivity index (χ1v) is 13.8. The van der Waals surface area contributed by atoms with Gasteiger partial charge in [-0.3, -0.25) is 9.10 Å². The van der Waals surface area contributed by atoms with Gasteiger partial charge in [-0.05, 0) is 66.4 Å². The van der Waals surface area contributed by atoms with Crippen LogP contribution in [0.3, 0.4) is 0 Å². The number of anilines is 2. The molecule has 218 valence electrons. The molecule has 5 rings (SSSR count). The number of carboxylic acid groups (broad SMARTS) is 1. The minimum absolute atomic E-state index is 0.0607. The molecule has 1 saturated heterocycles. The number of carboxylic acids is 1. The second kappa shape index (κ2) is 10.5. The lowest BCUT2D eigenvalue weighted by Crippen LogP contribution is -2.55. The number of ether oxygens (including phenoxy) is 1. The Bertz CT molecular complexity index is 1600. The summed E-state index contributed by atoms with van der Waals surface area (Å²) >= 11 is 0. The van der Waals surface area contributed by atoms with E-state index in [9.17, 15) is 44.7 Å². The first kappa shape index (κ1) is 28.6. The van der Waals surface area contributed by atoms with Crippen molar-refractivity contribution >= 4 is 27.4 Å².